The number of rotatable bonds is 3. The third kappa shape index (κ3) is 1.98. The molecule has 2 aliphatic rings. The van der Waals surface area contributed by atoms with Crippen molar-refractivity contribution in [2.45, 2.75) is 51.9 Å². The Bertz CT molecular complexity index is 168. The van der Waals surface area contributed by atoms with E-state index in [1.807, 2.05) is 0 Å². The van der Waals surface area contributed by atoms with Crippen molar-refractivity contribution in [3.05, 3.63) is 0 Å². The van der Waals surface area contributed by atoms with E-state index >= 15 is 0 Å². The molecule has 0 radical (unpaired) electrons. The van der Waals surface area contributed by atoms with Gasteiger partial charge in [0.2, 0.25) is 0 Å². The summed E-state index contributed by atoms with van der Waals surface area (Å²) in [6.45, 7) is 3.29. The van der Waals surface area contributed by atoms with Crippen molar-refractivity contribution in [1.82, 2.24) is 0 Å². The van der Waals surface area contributed by atoms with Gasteiger partial charge in [0, 0.05) is 0 Å². The molecule has 2 rings (SSSR count). The fourth-order valence-electron chi connectivity index (χ4n) is 3.53. The molecular formula is C13H25N. The van der Waals surface area contributed by atoms with E-state index in [0.717, 1.165) is 30.2 Å². The molecule has 0 aliphatic heterocycles. The first-order chi connectivity index (χ1) is 6.85. The highest BCUT2D eigenvalue weighted by molar-refractivity contribution is 4.88. The minimum atomic E-state index is 0.887. The van der Waals surface area contributed by atoms with E-state index in [9.17, 15) is 0 Å². The Morgan fingerprint density at radius 3 is 2.14 bits per heavy atom. The molecule has 2 fully saturated rings. The lowest BCUT2D eigenvalue weighted by Gasteiger charge is -2.44. The summed E-state index contributed by atoms with van der Waals surface area (Å²) in [6.07, 6.45) is 10.3. The second kappa shape index (κ2) is 4.65. The molecule has 0 aromatic carbocycles. The molecule has 82 valence electrons. The van der Waals surface area contributed by atoms with Gasteiger partial charge in [-0.1, -0.05) is 26.2 Å². The van der Waals surface area contributed by atoms with Gasteiger partial charge in [-0.05, 0) is 55.9 Å². The summed E-state index contributed by atoms with van der Waals surface area (Å²) < 4.78 is 0. The smallest absolute Gasteiger partial charge is 0.00461 e. The summed E-state index contributed by atoms with van der Waals surface area (Å²) in [4.78, 5) is 0. The van der Waals surface area contributed by atoms with Crippen molar-refractivity contribution in [2.24, 2.45) is 29.4 Å². The van der Waals surface area contributed by atoms with Gasteiger partial charge >= 0.3 is 0 Å². The van der Waals surface area contributed by atoms with Crippen LogP contribution in [0.1, 0.15) is 51.9 Å². The van der Waals surface area contributed by atoms with Crippen LogP contribution in [0.5, 0.6) is 0 Å². The molecule has 2 atom stereocenters. The van der Waals surface area contributed by atoms with Gasteiger partial charge < -0.3 is 5.73 Å². The van der Waals surface area contributed by atoms with Crippen molar-refractivity contribution < 1.29 is 0 Å². The van der Waals surface area contributed by atoms with E-state index in [-0.39, 0.29) is 0 Å². The zero-order valence-corrected chi connectivity index (χ0v) is 9.54. The van der Waals surface area contributed by atoms with E-state index in [1.165, 1.54) is 44.9 Å². The molecule has 2 aliphatic carbocycles. The summed E-state index contributed by atoms with van der Waals surface area (Å²) in [7, 11) is 0. The van der Waals surface area contributed by atoms with E-state index in [0.29, 0.717) is 0 Å². The quantitative estimate of drug-likeness (QED) is 0.735. The lowest BCUT2D eigenvalue weighted by Crippen LogP contribution is -2.38. The topological polar surface area (TPSA) is 26.0 Å². The molecule has 0 bridgehead atoms. The predicted molar refractivity (Wildman–Crippen MR) is 61.0 cm³/mol. The average molecular weight is 195 g/mol. The van der Waals surface area contributed by atoms with Crippen LogP contribution in [0, 0.1) is 23.7 Å². The summed E-state index contributed by atoms with van der Waals surface area (Å²) >= 11 is 0. The number of hydrogen-bond donors (Lipinski definition) is 1. The number of hydrogen-bond acceptors (Lipinski definition) is 1. The molecule has 2 N–H and O–H groups in total. The molecule has 14 heavy (non-hydrogen) atoms. The SMILES string of the molecule is CCC1CCC(C2CCC2CN)CC1. The Morgan fingerprint density at radius 2 is 1.71 bits per heavy atom. The van der Waals surface area contributed by atoms with E-state index in [4.69, 9.17) is 5.73 Å². The highest BCUT2D eigenvalue weighted by Gasteiger charge is 2.37. The van der Waals surface area contributed by atoms with Gasteiger partial charge in [-0.2, -0.15) is 0 Å². The fourth-order valence-corrected chi connectivity index (χ4v) is 3.53. The van der Waals surface area contributed by atoms with Crippen molar-refractivity contribution in [3.8, 4) is 0 Å². The van der Waals surface area contributed by atoms with E-state index in [2.05, 4.69) is 6.92 Å². The number of nitrogens with two attached hydrogens (primary N) is 1. The van der Waals surface area contributed by atoms with Gasteiger partial charge in [-0.15, -0.1) is 0 Å². The molecule has 0 amide bonds. The predicted octanol–water partition coefficient (Wildman–Crippen LogP) is 3.19. The monoisotopic (exact) mass is 195 g/mol. The minimum absolute atomic E-state index is 0.887. The highest BCUT2D eigenvalue weighted by atomic mass is 14.6. The zero-order chi connectivity index (χ0) is 9.97. The Labute approximate surface area is 88.4 Å². The second-order valence-electron chi connectivity index (χ2n) is 5.43. The summed E-state index contributed by atoms with van der Waals surface area (Å²) in [5.74, 6) is 3.98. The van der Waals surface area contributed by atoms with Crippen LogP contribution in [-0.2, 0) is 0 Å². The fraction of sp³-hybridized carbons (Fsp3) is 1.00. The maximum atomic E-state index is 5.78. The molecule has 1 heteroatoms. The third-order valence-electron chi connectivity index (χ3n) is 4.85. The second-order valence-corrected chi connectivity index (χ2v) is 5.43. The van der Waals surface area contributed by atoms with Crippen LogP contribution >= 0.6 is 0 Å². The Hall–Kier alpha value is -0.0400. The van der Waals surface area contributed by atoms with E-state index in [1.54, 1.807) is 0 Å². The standard InChI is InChI=1S/C13H25N/c1-2-10-3-5-11(6-4-10)13-8-7-12(13)9-14/h10-13H,2-9,14H2,1H3. The summed E-state index contributed by atoms with van der Waals surface area (Å²) in [6, 6.07) is 0. The van der Waals surface area contributed by atoms with Crippen LogP contribution in [0.15, 0.2) is 0 Å². The van der Waals surface area contributed by atoms with E-state index < -0.39 is 0 Å². The van der Waals surface area contributed by atoms with Crippen molar-refractivity contribution in [2.75, 3.05) is 6.54 Å². The first-order valence-electron chi connectivity index (χ1n) is 6.55. The highest BCUT2D eigenvalue weighted by Crippen LogP contribution is 2.46. The van der Waals surface area contributed by atoms with Crippen LogP contribution < -0.4 is 5.73 Å². The molecule has 0 heterocycles. The summed E-state index contributed by atoms with van der Waals surface area (Å²) in [5.41, 5.74) is 5.78. The molecule has 0 aromatic heterocycles. The maximum absolute atomic E-state index is 5.78. The molecule has 0 aromatic rings. The van der Waals surface area contributed by atoms with Gasteiger partial charge in [-0.3, -0.25) is 0 Å². The molecule has 2 unspecified atom stereocenters. The lowest BCUT2D eigenvalue weighted by atomic mass is 9.62. The normalized spacial score (nSPS) is 43.3. The molecule has 1 nitrogen and oxygen atoms in total. The van der Waals surface area contributed by atoms with Gasteiger partial charge in [0.25, 0.3) is 0 Å². The zero-order valence-electron chi connectivity index (χ0n) is 9.54. The minimum Gasteiger partial charge on any atom is -0.330 e. The van der Waals surface area contributed by atoms with Crippen molar-refractivity contribution in [1.29, 1.82) is 0 Å². The molecule has 0 saturated heterocycles. The molecule has 0 spiro atoms. The Morgan fingerprint density at radius 1 is 1.00 bits per heavy atom. The Balaban J connectivity index is 1.77. The van der Waals surface area contributed by atoms with Crippen LogP contribution in [-0.4, -0.2) is 6.54 Å². The van der Waals surface area contributed by atoms with Gasteiger partial charge in [0.05, 0.1) is 0 Å². The largest absolute Gasteiger partial charge is 0.330 e. The third-order valence-corrected chi connectivity index (χ3v) is 4.85. The van der Waals surface area contributed by atoms with Crippen molar-refractivity contribution in [3.63, 3.8) is 0 Å². The van der Waals surface area contributed by atoms with Crippen LogP contribution in [0.2, 0.25) is 0 Å². The first kappa shape index (κ1) is 10.5. The van der Waals surface area contributed by atoms with Gasteiger partial charge in [0.15, 0.2) is 0 Å². The molecule has 2 saturated carbocycles. The van der Waals surface area contributed by atoms with Crippen LogP contribution in [0.25, 0.3) is 0 Å². The van der Waals surface area contributed by atoms with Crippen LogP contribution in [0.4, 0.5) is 0 Å². The van der Waals surface area contributed by atoms with Crippen LogP contribution in [0.3, 0.4) is 0 Å². The maximum Gasteiger partial charge on any atom is -0.00461 e. The van der Waals surface area contributed by atoms with Crippen molar-refractivity contribution >= 4 is 0 Å². The molecular weight excluding hydrogens is 170 g/mol. The lowest BCUT2D eigenvalue weighted by molar-refractivity contribution is 0.0726. The van der Waals surface area contributed by atoms with Gasteiger partial charge in [0.1, 0.15) is 0 Å². The average Bonchev–Trinajstić information content (AvgIpc) is 2.18. The van der Waals surface area contributed by atoms with Gasteiger partial charge in [-0.25, -0.2) is 0 Å². The summed E-state index contributed by atoms with van der Waals surface area (Å²) in [5, 5.41) is 0. The Kier molecular flexibility index (Phi) is 3.48. The first-order valence-corrected chi connectivity index (χ1v) is 6.55.